The lowest BCUT2D eigenvalue weighted by molar-refractivity contribution is 0.107. The molecule has 0 fully saturated rings. The van der Waals surface area contributed by atoms with Crippen molar-refractivity contribution in [2.45, 2.75) is 54.0 Å². The van der Waals surface area contributed by atoms with E-state index in [2.05, 4.69) is 55.2 Å². The molecule has 0 aliphatic carbocycles. The first-order valence-corrected chi connectivity index (χ1v) is 16.0. The number of thiophene rings is 1. The van der Waals surface area contributed by atoms with Crippen molar-refractivity contribution < 1.29 is 13.2 Å². The minimum absolute atomic E-state index is 0.128. The van der Waals surface area contributed by atoms with Crippen LogP contribution in [0.5, 0.6) is 0 Å². The first kappa shape index (κ1) is 28.7. The number of sulfonamides is 1. The Morgan fingerprint density at radius 1 is 1.00 bits per heavy atom. The van der Waals surface area contributed by atoms with E-state index in [1.807, 2.05) is 25.1 Å². The normalized spacial score (nSPS) is 11.9. The summed E-state index contributed by atoms with van der Waals surface area (Å²) in [5.74, 6) is 1.39. The van der Waals surface area contributed by atoms with E-state index in [0.717, 1.165) is 62.7 Å². The monoisotopic (exact) mass is 586 g/mol. The van der Waals surface area contributed by atoms with Gasteiger partial charge in [0.05, 0.1) is 6.54 Å². The number of hydrogen-bond donors (Lipinski definition) is 1. The average molecular weight is 587 g/mol. The number of imidazole rings is 1. The van der Waals surface area contributed by atoms with Gasteiger partial charge in [-0.25, -0.2) is 9.97 Å². The van der Waals surface area contributed by atoms with Crippen LogP contribution in [0, 0.1) is 19.8 Å². The van der Waals surface area contributed by atoms with Crippen molar-refractivity contribution in [1.29, 1.82) is 0 Å². The van der Waals surface area contributed by atoms with Gasteiger partial charge in [-0.15, -0.1) is 11.3 Å². The highest BCUT2D eigenvalue weighted by molar-refractivity contribution is 8.07. The van der Waals surface area contributed by atoms with Gasteiger partial charge in [0.15, 0.2) is 5.65 Å². The number of aromatic nitrogens is 3. The lowest BCUT2D eigenvalue weighted by Crippen LogP contribution is -2.22. The summed E-state index contributed by atoms with van der Waals surface area (Å²) in [6, 6.07) is 20.2. The highest BCUT2D eigenvalue weighted by Crippen LogP contribution is 2.38. The van der Waals surface area contributed by atoms with Crippen molar-refractivity contribution >= 4 is 42.6 Å². The second-order valence-corrected chi connectivity index (χ2v) is 13.4. The number of pyridine rings is 1. The summed E-state index contributed by atoms with van der Waals surface area (Å²) in [7, 11) is -4.29. The van der Waals surface area contributed by atoms with Crippen LogP contribution in [-0.4, -0.2) is 28.1 Å². The maximum atomic E-state index is 13.1. The highest BCUT2D eigenvalue weighted by atomic mass is 32.2. The van der Waals surface area contributed by atoms with Crippen LogP contribution in [0.1, 0.15) is 58.7 Å². The molecule has 212 valence electrons. The molecule has 3 aromatic heterocycles. The number of benzene rings is 2. The Kier molecular flexibility index (Phi) is 8.11. The number of fused-ring (bicyclic) bond motifs is 1. The molecule has 0 amide bonds. The molecule has 9 heteroatoms. The first-order chi connectivity index (χ1) is 19.6. The summed E-state index contributed by atoms with van der Waals surface area (Å²) in [6.45, 7) is 11.0. The van der Waals surface area contributed by atoms with E-state index >= 15 is 0 Å². The maximum absolute atomic E-state index is 13.1. The van der Waals surface area contributed by atoms with Gasteiger partial charge in [-0.3, -0.25) is 9.52 Å². The lowest BCUT2D eigenvalue weighted by Gasteiger charge is -2.11. The van der Waals surface area contributed by atoms with E-state index in [1.165, 1.54) is 23.5 Å². The summed E-state index contributed by atoms with van der Waals surface area (Å²) in [4.78, 5) is 23.5. The quantitative estimate of drug-likeness (QED) is 0.198. The number of rotatable bonds is 9. The Balaban J connectivity index is 1.47. The standard InChI is InChI=1S/C32H34N4O3S2/c1-6-28-34-29-21(4)17-22(5)33-30(29)36(28)19-23-12-14-24(15-13-23)27-18-26(16-20(2)3)40-31(27)35-41(38,39)32(37)25-10-8-7-9-11-25/h7-15,17-18,20,35H,6,16,19H2,1-5H3. The van der Waals surface area contributed by atoms with E-state index in [0.29, 0.717) is 17.5 Å². The van der Waals surface area contributed by atoms with Crippen LogP contribution in [0.25, 0.3) is 22.3 Å². The van der Waals surface area contributed by atoms with Gasteiger partial charge in [0.1, 0.15) is 16.3 Å². The molecule has 5 aromatic rings. The van der Waals surface area contributed by atoms with Gasteiger partial charge in [-0.2, -0.15) is 8.42 Å². The molecular formula is C32H34N4O3S2. The van der Waals surface area contributed by atoms with Crippen molar-refractivity contribution in [2.24, 2.45) is 5.92 Å². The fraction of sp³-hybridized carbons (Fsp3) is 0.281. The van der Waals surface area contributed by atoms with Crippen LogP contribution >= 0.6 is 11.3 Å². The predicted molar refractivity (Wildman–Crippen MR) is 167 cm³/mol. The number of carbonyl (C=O) groups excluding carboxylic acids is 1. The third kappa shape index (κ3) is 6.11. The average Bonchev–Trinajstić information content (AvgIpc) is 3.49. The van der Waals surface area contributed by atoms with Gasteiger partial charge in [0, 0.05) is 28.1 Å². The van der Waals surface area contributed by atoms with E-state index in [4.69, 9.17) is 9.97 Å². The van der Waals surface area contributed by atoms with Crippen molar-refractivity contribution in [3.05, 3.63) is 99.8 Å². The summed E-state index contributed by atoms with van der Waals surface area (Å²) < 4.78 is 31.0. The molecule has 0 unspecified atom stereocenters. The number of nitrogens with zero attached hydrogens (tertiary/aromatic N) is 3. The fourth-order valence-electron chi connectivity index (χ4n) is 4.99. The largest absolute Gasteiger partial charge is 0.308 e. The highest BCUT2D eigenvalue weighted by Gasteiger charge is 2.26. The van der Waals surface area contributed by atoms with E-state index in [-0.39, 0.29) is 5.56 Å². The molecule has 0 atom stereocenters. The Morgan fingerprint density at radius 2 is 1.71 bits per heavy atom. The first-order valence-electron chi connectivity index (χ1n) is 13.7. The van der Waals surface area contributed by atoms with Gasteiger partial charge < -0.3 is 4.57 Å². The molecule has 3 heterocycles. The molecular weight excluding hydrogens is 553 g/mol. The zero-order valence-electron chi connectivity index (χ0n) is 23.9. The smallest absolute Gasteiger partial charge is 0.301 e. The molecule has 0 bridgehead atoms. The lowest BCUT2D eigenvalue weighted by atomic mass is 10.0. The third-order valence-electron chi connectivity index (χ3n) is 6.90. The Hall–Kier alpha value is -3.82. The van der Waals surface area contributed by atoms with Crippen molar-refractivity contribution in [3.63, 3.8) is 0 Å². The van der Waals surface area contributed by atoms with E-state index in [1.54, 1.807) is 18.2 Å². The van der Waals surface area contributed by atoms with Gasteiger partial charge in [-0.1, -0.05) is 75.4 Å². The number of hydrogen-bond acceptors (Lipinski definition) is 6. The molecule has 0 aliphatic rings. The Morgan fingerprint density at radius 3 is 2.37 bits per heavy atom. The molecule has 0 spiro atoms. The van der Waals surface area contributed by atoms with Gasteiger partial charge >= 0.3 is 10.0 Å². The summed E-state index contributed by atoms with van der Waals surface area (Å²) in [6.07, 6.45) is 1.61. The zero-order chi connectivity index (χ0) is 29.3. The zero-order valence-corrected chi connectivity index (χ0v) is 25.6. The Labute approximate surface area is 245 Å². The second-order valence-electron chi connectivity index (χ2n) is 10.7. The summed E-state index contributed by atoms with van der Waals surface area (Å²) in [5, 5.41) is -0.502. The summed E-state index contributed by atoms with van der Waals surface area (Å²) in [5.41, 5.74) is 6.75. The van der Waals surface area contributed by atoms with Crippen molar-refractivity contribution in [2.75, 3.05) is 4.72 Å². The van der Waals surface area contributed by atoms with Crippen LogP contribution in [0.2, 0.25) is 0 Å². The molecule has 2 aromatic carbocycles. The number of carbonyl (C=O) groups is 1. The van der Waals surface area contributed by atoms with E-state index < -0.39 is 15.1 Å². The molecule has 0 radical (unpaired) electrons. The van der Waals surface area contributed by atoms with Gasteiger partial charge in [-0.05, 0) is 55.0 Å². The van der Waals surface area contributed by atoms with Crippen molar-refractivity contribution in [1.82, 2.24) is 14.5 Å². The number of aryl methyl sites for hydroxylation is 3. The minimum atomic E-state index is -4.29. The van der Waals surface area contributed by atoms with Crippen LogP contribution in [0.15, 0.2) is 66.7 Å². The fourth-order valence-corrected chi connectivity index (χ4v) is 7.52. The van der Waals surface area contributed by atoms with Gasteiger partial charge in [0.2, 0.25) is 0 Å². The third-order valence-corrected chi connectivity index (χ3v) is 9.29. The maximum Gasteiger partial charge on any atom is 0.301 e. The number of anilines is 1. The van der Waals surface area contributed by atoms with E-state index in [9.17, 15) is 13.2 Å². The molecule has 1 N–H and O–H groups in total. The minimum Gasteiger partial charge on any atom is -0.308 e. The molecule has 0 saturated heterocycles. The molecule has 5 rings (SSSR count). The molecule has 7 nitrogen and oxygen atoms in total. The second kappa shape index (κ2) is 11.6. The molecule has 0 saturated carbocycles. The topological polar surface area (TPSA) is 93.9 Å². The SMILES string of the molecule is CCc1nc2c(C)cc(C)nc2n1Cc1ccc(-c2cc(CC(C)C)sc2NS(=O)(=O)C(=O)c2ccccc2)cc1. The predicted octanol–water partition coefficient (Wildman–Crippen LogP) is 7.17. The van der Waals surface area contributed by atoms with Crippen LogP contribution in [0.3, 0.4) is 0 Å². The van der Waals surface area contributed by atoms with Crippen LogP contribution < -0.4 is 4.72 Å². The van der Waals surface area contributed by atoms with Crippen molar-refractivity contribution in [3.8, 4) is 11.1 Å². The summed E-state index contributed by atoms with van der Waals surface area (Å²) >= 11 is 1.38. The number of nitrogens with one attached hydrogen (secondary N) is 1. The van der Waals surface area contributed by atoms with Gasteiger partial charge in [0.25, 0.3) is 5.12 Å². The molecule has 41 heavy (non-hydrogen) atoms. The van der Waals surface area contributed by atoms with Crippen LogP contribution in [-0.2, 0) is 29.4 Å². The molecule has 0 aliphatic heterocycles. The van der Waals surface area contributed by atoms with Crippen LogP contribution in [0.4, 0.5) is 5.00 Å². The Bertz CT molecular complexity index is 1820.